The standard InChI is InChI=1S/C17H22N.C16H20N.C15H18N.C14H16N/c1-13(2)11-15-8-9-16(14(3)12-15)17-7-5-6-10-18(17)4;1-12(2)14-8-9-15(13(3)11-14)16-7-5-6-10-17(16)4;1-4-13-8-9-14(12(2)11-13)15-7-5-6-10-16(15)3;1-11-7-8-13(12(2)10-11)14-6-4-5-9-15(14)3/h5-10,12-13H,11H2,1-4H3;5-12H,1-4H3;5-11H,4H2,1-3H3;4-10H,1-3H3/q4*+1. The second-order valence-corrected chi connectivity index (χ2v) is 18.6. The average molecular weight is 877 g/mol. The summed E-state index contributed by atoms with van der Waals surface area (Å²) < 4.78 is 8.65. The fourth-order valence-electron chi connectivity index (χ4n) is 8.49. The van der Waals surface area contributed by atoms with E-state index in [-0.39, 0.29) is 0 Å². The highest BCUT2D eigenvalue weighted by molar-refractivity contribution is 5.64. The van der Waals surface area contributed by atoms with Crippen molar-refractivity contribution in [1.82, 2.24) is 0 Å². The number of hydrogen-bond acceptors (Lipinski definition) is 0. The van der Waals surface area contributed by atoms with Crippen molar-refractivity contribution in [2.75, 3.05) is 0 Å². The Bertz CT molecular complexity index is 2830. The molecule has 0 fully saturated rings. The molecule has 8 aromatic rings. The van der Waals surface area contributed by atoms with Crippen LogP contribution in [0.2, 0.25) is 0 Å². The number of aryl methyl sites for hydroxylation is 10. The predicted octanol–water partition coefficient (Wildman–Crippen LogP) is 13.1. The lowest BCUT2D eigenvalue weighted by Crippen LogP contribution is -2.30. The lowest BCUT2D eigenvalue weighted by Gasteiger charge is -2.09. The lowest BCUT2D eigenvalue weighted by molar-refractivity contribution is -0.660. The van der Waals surface area contributed by atoms with E-state index in [0.717, 1.165) is 12.8 Å². The Morgan fingerprint density at radius 3 is 1.06 bits per heavy atom. The first-order chi connectivity index (χ1) is 31.6. The van der Waals surface area contributed by atoms with Crippen LogP contribution in [0.1, 0.15) is 85.0 Å². The van der Waals surface area contributed by atoms with Gasteiger partial charge in [0.1, 0.15) is 28.2 Å². The molecule has 4 aromatic heterocycles. The van der Waals surface area contributed by atoms with Gasteiger partial charge in [-0.1, -0.05) is 88.7 Å². The molecule has 0 radical (unpaired) electrons. The molecule has 8 rings (SSSR count). The van der Waals surface area contributed by atoms with E-state index in [1.165, 1.54) is 89.5 Å². The van der Waals surface area contributed by atoms with Crippen LogP contribution in [0.3, 0.4) is 0 Å². The first kappa shape index (κ1) is 50.5. The molecule has 0 aliphatic carbocycles. The van der Waals surface area contributed by atoms with Gasteiger partial charge in [-0.25, -0.2) is 18.3 Å². The van der Waals surface area contributed by atoms with Crippen LogP contribution in [0.15, 0.2) is 170 Å². The van der Waals surface area contributed by atoms with Crippen molar-refractivity contribution in [1.29, 1.82) is 0 Å². The van der Waals surface area contributed by atoms with Crippen LogP contribution in [-0.4, -0.2) is 0 Å². The van der Waals surface area contributed by atoms with E-state index in [4.69, 9.17) is 0 Å². The van der Waals surface area contributed by atoms with Gasteiger partial charge in [-0.2, -0.15) is 0 Å². The summed E-state index contributed by atoms with van der Waals surface area (Å²) in [6.45, 7) is 22.0. The summed E-state index contributed by atoms with van der Waals surface area (Å²) in [6.07, 6.45) is 10.6. The van der Waals surface area contributed by atoms with Crippen molar-refractivity contribution >= 4 is 0 Å². The van der Waals surface area contributed by atoms with Crippen LogP contribution in [-0.2, 0) is 41.0 Å². The molecule has 340 valence electrons. The van der Waals surface area contributed by atoms with Crippen LogP contribution in [0.5, 0.6) is 0 Å². The molecule has 4 heteroatoms. The molecule has 0 saturated heterocycles. The maximum absolute atomic E-state index is 2.32. The van der Waals surface area contributed by atoms with Gasteiger partial charge < -0.3 is 0 Å². The fraction of sp³-hybridized carbons (Fsp3) is 0.290. The minimum Gasteiger partial charge on any atom is -0.201 e. The fourth-order valence-corrected chi connectivity index (χ4v) is 8.49. The number of hydrogen-bond donors (Lipinski definition) is 0. The molecule has 0 aliphatic heterocycles. The van der Waals surface area contributed by atoms with Gasteiger partial charge in [0.25, 0.3) is 0 Å². The zero-order valence-electron chi connectivity index (χ0n) is 42.5. The van der Waals surface area contributed by atoms with Crippen molar-refractivity contribution in [2.24, 2.45) is 34.1 Å². The number of nitrogens with zero attached hydrogens (tertiary/aromatic N) is 4. The summed E-state index contributed by atoms with van der Waals surface area (Å²) in [4.78, 5) is 0. The summed E-state index contributed by atoms with van der Waals surface area (Å²) in [5.74, 6) is 1.30. The maximum atomic E-state index is 2.32. The molecule has 4 aromatic carbocycles. The summed E-state index contributed by atoms with van der Waals surface area (Å²) in [6, 6.07) is 52.1. The van der Waals surface area contributed by atoms with E-state index in [0.29, 0.717) is 11.8 Å². The minimum absolute atomic E-state index is 0.590. The Morgan fingerprint density at radius 1 is 0.379 bits per heavy atom. The summed E-state index contributed by atoms with van der Waals surface area (Å²) >= 11 is 0. The molecule has 0 bridgehead atoms. The Balaban J connectivity index is 0.000000165. The monoisotopic (exact) mass is 877 g/mol. The Morgan fingerprint density at radius 2 is 0.727 bits per heavy atom. The first-order valence-corrected chi connectivity index (χ1v) is 23.7. The molecule has 0 spiro atoms. The number of rotatable bonds is 8. The molecule has 4 heterocycles. The zero-order valence-corrected chi connectivity index (χ0v) is 42.5. The molecule has 0 unspecified atom stereocenters. The highest BCUT2D eigenvalue weighted by atomic mass is 14.9. The van der Waals surface area contributed by atoms with Crippen molar-refractivity contribution in [2.45, 2.75) is 88.0 Å². The van der Waals surface area contributed by atoms with Gasteiger partial charge in [-0.3, -0.25) is 0 Å². The Kier molecular flexibility index (Phi) is 18.5. The van der Waals surface area contributed by atoms with E-state index in [1.807, 2.05) is 6.07 Å². The largest absolute Gasteiger partial charge is 0.212 e. The maximum Gasteiger partial charge on any atom is 0.212 e. The van der Waals surface area contributed by atoms with Gasteiger partial charge in [0, 0.05) is 70.8 Å². The summed E-state index contributed by atoms with van der Waals surface area (Å²) in [5.41, 5.74) is 21.3. The molecule has 0 atom stereocenters. The topological polar surface area (TPSA) is 15.5 Å². The van der Waals surface area contributed by atoms with E-state index in [2.05, 4.69) is 280 Å². The Labute approximate surface area is 398 Å². The van der Waals surface area contributed by atoms with Gasteiger partial charge in [-0.05, 0) is 147 Å². The molecule has 66 heavy (non-hydrogen) atoms. The number of aromatic nitrogens is 4. The number of benzene rings is 4. The first-order valence-electron chi connectivity index (χ1n) is 23.7. The van der Waals surface area contributed by atoms with Crippen LogP contribution in [0.4, 0.5) is 0 Å². The quantitative estimate of drug-likeness (QED) is 0.135. The molecule has 0 amide bonds. The second kappa shape index (κ2) is 24.1. The van der Waals surface area contributed by atoms with Crippen molar-refractivity contribution in [3.8, 4) is 45.0 Å². The van der Waals surface area contributed by atoms with Crippen molar-refractivity contribution in [3.05, 3.63) is 215 Å². The van der Waals surface area contributed by atoms with Crippen molar-refractivity contribution < 1.29 is 18.3 Å². The molecular weight excluding hydrogens is 801 g/mol. The van der Waals surface area contributed by atoms with Gasteiger partial charge in [-0.15, -0.1) is 0 Å². The summed E-state index contributed by atoms with van der Waals surface area (Å²) in [5, 5.41) is 0. The van der Waals surface area contributed by atoms with Crippen LogP contribution < -0.4 is 18.3 Å². The smallest absolute Gasteiger partial charge is 0.201 e. The van der Waals surface area contributed by atoms with Crippen LogP contribution in [0.25, 0.3) is 45.0 Å². The van der Waals surface area contributed by atoms with Gasteiger partial charge in [0.15, 0.2) is 24.8 Å². The van der Waals surface area contributed by atoms with E-state index in [1.54, 1.807) is 0 Å². The molecule has 0 saturated carbocycles. The average Bonchev–Trinajstić information content (AvgIpc) is 3.28. The minimum atomic E-state index is 0.590. The number of pyridine rings is 4. The normalized spacial score (nSPS) is 10.7. The highest BCUT2D eigenvalue weighted by Crippen LogP contribution is 2.26. The van der Waals surface area contributed by atoms with E-state index in [9.17, 15) is 0 Å². The molecule has 0 aliphatic rings. The lowest BCUT2D eigenvalue weighted by atomic mass is 9.96. The third-order valence-corrected chi connectivity index (χ3v) is 12.3. The van der Waals surface area contributed by atoms with Gasteiger partial charge in [0.2, 0.25) is 22.8 Å². The van der Waals surface area contributed by atoms with Gasteiger partial charge >= 0.3 is 0 Å². The third-order valence-electron chi connectivity index (χ3n) is 12.3. The van der Waals surface area contributed by atoms with E-state index >= 15 is 0 Å². The summed E-state index contributed by atoms with van der Waals surface area (Å²) in [7, 11) is 8.35. The SMILES string of the molecule is CCc1ccc(-c2cccc[n+]2C)c(C)c1.Cc1cc(C(C)C)ccc1-c1cccc[n+]1C.Cc1cc(CC(C)C)ccc1-c1cccc[n+]1C.Cc1ccc(-c2cccc[n+]2C)c(C)c1. The molecule has 4 nitrogen and oxygen atoms in total. The third kappa shape index (κ3) is 13.7. The molecule has 0 N–H and O–H groups in total. The van der Waals surface area contributed by atoms with Crippen molar-refractivity contribution in [3.63, 3.8) is 0 Å². The molecular formula is C62H76N4+4. The Hall–Kier alpha value is -6.52. The van der Waals surface area contributed by atoms with E-state index < -0.39 is 0 Å². The van der Waals surface area contributed by atoms with Crippen LogP contribution >= 0.6 is 0 Å². The highest BCUT2D eigenvalue weighted by Gasteiger charge is 2.15. The predicted molar refractivity (Wildman–Crippen MR) is 278 cm³/mol. The second-order valence-electron chi connectivity index (χ2n) is 18.6. The van der Waals surface area contributed by atoms with Crippen LogP contribution in [0, 0.1) is 40.5 Å². The zero-order chi connectivity index (χ0) is 47.9. The van der Waals surface area contributed by atoms with Gasteiger partial charge in [0.05, 0.1) is 0 Å².